The summed E-state index contributed by atoms with van der Waals surface area (Å²) in [5.41, 5.74) is 1.56. The van der Waals surface area contributed by atoms with Crippen LogP contribution in [0.2, 0.25) is 0 Å². The van der Waals surface area contributed by atoms with E-state index in [1.165, 1.54) is 0 Å². The predicted molar refractivity (Wildman–Crippen MR) is 120 cm³/mol. The van der Waals surface area contributed by atoms with E-state index in [1.807, 2.05) is 37.3 Å². The van der Waals surface area contributed by atoms with Crippen LogP contribution in [-0.4, -0.2) is 33.8 Å². The molecule has 7 nitrogen and oxygen atoms in total. The first-order valence-corrected chi connectivity index (χ1v) is 9.95. The second-order valence-corrected chi connectivity index (χ2v) is 7.62. The summed E-state index contributed by atoms with van der Waals surface area (Å²) in [6.07, 6.45) is 2.01. The summed E-state index contributed by atoms with van der Waals surface area (Å²) >= 11 is 0. The van der Waals surface area contributed by atoms with E-state index in [4.69, 9.17) is 4.42 Å². The van der Waals surface area contributed by atoms with Crippen LogP contribution in [0.3, 0.4) is 0 Å². The molecule has 0 bridgehead atoms. The van der Waals surface area contributed by atoms with E-state index in [0.29, 0.717) is 17.6 Å². The van der Waals surface area contributed by atoms with Gasteiger partial charge in [0.05, 0.1) is 0 Å². The number of carbonyl (C=O) groups excluding carboxylic acids is 1. The number of fused-ring (bicyclic) bond motifs is 3. The fourth-order valence-electron chi connectivity index (χ4n) is 4.09. The van der Waals surface area contributed by atoms with Gasteiger partial charge in [-0.25, -0.2) is 4.68 Å². The summed E-state index contributed by atoms with van der Waals surface area (Å²) in [5, 5.41) is 13.8. The SMILES string of the molecule is Cc1c(C(=O)Nc2nc(C3CCNCC3)nn2C)oc2c1ccc1ccccc12.Cl. The van der Waals surface area contributed by atoms with Gasteiger partial charge in [-0.2, -0.15) is 10.1 Å². The molecule has 2 aromatic carbocycles. The standard InChI is InChI=1S/C22H23N5O2.ClH/c1-13-16-8-7-14-5-3-4-6-17(14)19(16)29-18(13)21(28)25-22-24-20(26-27(22)2)15-9-11-23-12-10-15;/h3-8,15,23H,9-12H2,1-2H3,(H,24,25,26,28);1H. The highest BCUT2D eigenvalue weighted by atomic mass is 35.5. The molecule has 5 rings (SSSR count). The van der Waals surface area contributed by atoms with Gasteiger partial charge in [0.15, 0.2) is 11.6 Å². The van der Waals surface area contributed by atoms with Crippen LogP contribution in [0, 0.1) is 6.92 Å². The second kappa shape index (κ2) is 8.08. The average molecular weight is 426 g/mol. The first kappa shape index (κ1) is 20.4. The van der Waals surface area contributed by atoms with Crippen LogP contribution in [0.1, 0.15) is 40.7 Å². The fourth-order valence-corrected chi connectivity index (χ4v) is 4.09. The molecule has 0 spiro atoms. The Kier molecular flexibility index (Phi) is 5.49. The van der Waals surface area contributed by atoms with Crippen molar-refractivity contribution in [3.63, 3.8) is 0 Å². The van der Waals surface area contributed by atoms with E-state index in [-0.39, 0.29) is 18.3 Å². The quantitative estimate of drug-likeness (QED) is 0.514. The lowest BCUT2D eigenvalue weighted by Gasteiger charge is -2.19. The Hall–Kier alpha value is -2.90. The highest BCUT2D eigenvalue weighted by Crippen LogP contribution is 2.32. The minimum absolute atomic E-state index is 0. The Labute approximate surface area is 180 Å². The number of benzene rings is 2. The third kappa shape index (κ3) is 3.44. The molecule has 8 heteroatoms. The molecule has 2 N–H and O–H groups in total. The maximum absolute atomic E-state index is 13.0. The van der Waals surface area contributed by atoms with Gasteiger partial charge in [-0.1, -0.05) is 36.4 Å². The lowest BCUT2D eigenvalue weighted by atomic mass is 9.98. The smallest absolute Gasteiger partial charge is 0.294 e. The summed E-state index contributed by atoms with van der Waals surface area (Å²) in [5.74, 6) is 1.55. The number of halogens is 1. The number of amides is 1. The summed E-state index contributed by atoms with van der Waals surface area (Å²) in [4.78, 5) is 17.6. The zero-order valence-electron chi connectivity index (χ0n) is 16.9. The van der Waals surface area contributed by atoms with E-state index < -0.39 is 0 Å². The van der Waals surface area contributed by atoms with E-state index in [9.17, 15) is 4.79 Å². The number of hydrogen-bond donors (Lipinski definition) is 2. The minimum atomic E-state index is -0.310. The van der Waals surface area contributed by atoms with Crippen LogP contribution >= 0.6 is 12.4 Å². The van der Waals surface area contributed by atoms with Crippen molar-refractivity contribution in [2.24, 2.45) is 7.05 Å². The fraction of sp³-hybridized carbons (Fsp3) is 0.318. The number of furan rings is 1. The maximum atomic E-state index is 13.0. The monoisotopic (exact) mass is 425 g/mol. The number of piperidine rings is 1. The largest absolute Gasteiger partial charge is 0.450 e. The van der Waals surface area contributed by atoms with Crippen molar-refractivity contribution in [2.45, 2.75) is 25.7 Å². The molecule has 2 aromatic heterocycles. The number of nitrogens with one attached hydrogen (secondary N) is 2. The Morgan fingerprint density at radius 2 is 1.93 bits per heavy atom. The van der Waals surface area contributed by atoms with E-state index >= 15 is 0 Å². The number of rotatable bonds is 3. The van der Waals surface area contributed by atoms with Crippen LogP contribution in [0.4, 0.5) is 5.95 Å². The molecule has 1 saturated heterocycles. The van der Waals surface area contributed by atoms with E-state index in [0.717, 1.165) is 59.1 Å². The third-order valence-electron chi connectivity index (χ3n) is 5.74. The zero-order valence-corrected chi connectivity index (χ0v) is 17.8. The molecule has 3 heterocycles. The summed E-state index contributed by atoms with van der Waals surface area (Å²) in [6.45, 7) is 3.85. The first-order valence-electron chi connectivity index (χ1n) is 9.95. The zero-order chi connectivity index (χ0) is 20.0. The van der Waals surface area contributed by atoms with Crippen molar-refractivity contribution in [1.82, 2.24) is 20.1 Å². The molecule has 30 heavy (non-hydrogen) atoms. The summed E-state index contributed by atoms with van der Waals surface area (Å²) in [7, 11) is 1.80. The van der Waals surface area contributed by atoms with Gasteiger partial charge in [-0.3, -0.25) is 10.1 Å². The van der Waals surface area contributed by atoms with Gasteiger partial charge >= 0.3 is 0 Å². The van der Waals surface area contributed by atoms with Crippen LogP contribution < -0.4 is 10.6 Å². The molecule has 1 amide bonds. The van der Waals surface area contributed by atoms with Gasteiger partial charge in [0.1, 0.15) is 5.58 Å². The molecule has 0 unspecified atom stereocenters. The molecule has 0 atom stereocenters. The Bertz CT molecular complexity index is 1220. The molecular formula is C22H24ClN5O2. The third-order valence-corrected chi connectivity index (χ3v) is 5.74. The molecule has 1 aliphatic heterocycles. The van der Waals surface area contributed by atoms with Crippen LogP contribution in [-0.2, 0) is 7.05 Å². The predicted octanol–water partition coefficient (Wildman–Crippen LogP) is 4.16. The van der Waals surface area contributed by atoms with Crippen molar-refractivity contribution >= 4 is 46.0 Å². The highest BCUT2D eigenvalue weighted by molar-refractivity contribution is 6.11. The lowest BCUT2D eigenvalue weighted by Crippen LogP contribution is -2.27. The molecular weight excluding hydrogens is 402 g/mol. The highest BCUT2D eigenvalue weighted by Gasteiger charge is 2.24. The van der Waals surface area contributed by atoms with Gasteiger partial charge in [-0.05, 0) is 38.2 Å². The second-order valence-electron chi connectivity index (χ2n) is 7.62. The summed E-state index contributed by atoms with van der Waals surface area (Å²) < 4.78 is 7.66. The molecule has 0 radical (unpaired) electrons. The number of hydrogen-bond acceptors (Lipinski definition) is 5. The Balaban J connectivity index is 0.00000218. The number of carbonyl (C=O) groups is 1. The first-order chi connectivity index (χ1) is 14.1. The normalized spacial score (nSPS) is 14.7. The molecule has 4 aromatic rings. The molecule has 156 valence electrons. The van der Waals surface area contributed by atoms with Gasteiger partial charge < -0.3 is 9.73 Å². The van der Waals surface area contributed by atoms with Crippen molar-refractivity contribution in [3.8, 4) is 0 Å². The lowest BCUT2D eigenvalue weighted by molar-refractivity contribution is 0.0996. The van der Waals surface area contributed by atoms with Gasteiger partial charge in [0, 0.05) is 29.3 Å². The van der Waals surface area contributed by atoms with Crippen LogP contribution in [0.15, 0.2) is 40.8 Å². The minimum Gasteiger partial charge on any atom is -0.450 e. The average Bonchev–Trinajstić information content (AvgIpc) is 3.29. The van der Waals surface area contributed by atoms with E-state index in [2.05, 4.69) is 26.8 Å². The van der Waals surface area contributed by atoms with Crippen LogP contribution in [0.25, 0.3) is 21.7 Å². The topological polar surface area (TPSA) is 85.0 Å². The van der Waals surface area contributed by atoms with Crippen molar-refractivity contribution in [1.29, 1.82) is 0 Å². The number of nitrogens with zero attached hydrogens (tertiary/aromatic N) is 3. The van der Waals surface area contributed by atoms with Gasteiger partial charge in [-0.15, -0.1) is 12.4 Å². The van der Waals surface area contributed by atoms with Gasteiger partial charge in [0.25, 0.3) is 5.91 Å². The van der Waals surface area contributed by atoms with Crippen molar-refractivity contribution in [3.05, 3.63) is 53.5 Å². The van der Waals surface area contributed by atoms with Crippen LogP contribution in [0.5, 0.6) is 0 Å². The van der Waals surface area contributed by atoms with Crippen molar-refractivity contribution < 1.29 is 9.21 Å². The molecule has 0 saturated carbocycles. The Morgan fingerprint density at radius 1 is 1.17 bits per heavy atom. The number of aryl methyl sites for hydroxylation is 2. The Morgan fingerprint density at radius 3 is 2.73 bits per heavy atom. The van der Waals surface area contributed by atoms with E-state index in [1.54, 1.807) is 11.7 Å². The van der Waals surface area contributed by atoms with Crippen molar-refractivity contribution in [2.75, 3.05) is 18.4 Å². The summed E-state index contributed by atoms with van der Waals surface area (Å²) in [6, 6.07) is 12.1. The molecule has 1 fully saturated rings. The number of aromatic nitrogens is 3. The maximum Gasteiger partial charge on any atom is 0.294 e. The number of anilines is 1. The molecule has 0 aliphatic carbocycles. The molecule has 1 aliphatic rings. The van der Waals surface area contributed by atoms with Gasteiger partial charge in [0.2, 0.25) is 5.95 Å².